The van der Waals surface area contributed by atoms with Gasteiger partial charge >= 0.3 is 0 Å². The first-order valence-electron chi connectivity index (χ1n) is 5.81. The van der Waals surface area contributed by atoms with Crippen molar-refractivity contribution in [1.29, 1.82) is 0 Å². The molecular weight excluding hydrogens is 308 g/mol. The Morgan fingerprint density at radius 3 is 2.65 bits per heavy atom. The van der Waals surface area contributed by atoms with Crippen molar-refractivity contribution in [2.24, 2.45) is 0 Å². The number of nitrogens with one attached hydrogen (secondary N) is 1. The number of nitro benzene ring substituents is 1. The maximum Gasteiger partial charge on any atom is 0.289 e. The van der Waals surface area contributed by atoms with E-state index < -0.39 is 20.6 Å². The summed E-state index contributed by atoms with van der Waals surface area (Å²) < 4.78 is 31.5. The number of benzene rings is 1. The fourth-order valence-electron chi connectivity index (χ4n) is 1.54. The van der Waals surface area contributed by atoms with Crippen LogP contribution < -0.4 is 4.72 Å². The van der Waals surface area contributed by atoms with Gasteiger partial charge in [0.15, 0.2) is 0 Å². The predicted molar refractivity (Wildman–Crippen MR) is 74.5 cm³/mol. The molecule has 0 amide bonds. The smallest absolute Gasteiger partial charge is 0.289 e. The highest BCUT2D eigenvalue weighted by Crippen LogP contribution is 2.29. The predicted octanol–water partition coefficient (Wildman–Crippen LogP) is 1.87. The third-order valence-electron chi connectivity index (χ3n) is 2.47. The van der Waals surface area contributed by atoms with Crippen LogP contribution in [0.2, 0.25) is 5.02 Å². The zero-order chi connectivity index (χ0) is 15.3. The van der Waals surface area contributed by atoms with Crippen LogP contribution in [0.15, 0.2) is 17.0 Å². The van der Waals surface area contributed by atoms with E-state index in [1.54, 1.807) is 6.92 Å². The van der Waals surface area contributed by atoms with E-state index in [0.29, 0.717) is 12.2 Å². The number of aryl methyl sites for hydroxylation is 1. The second-order valence-electron chi connectivity index (χ2n) is 3.92. The molecule has 0 heterocycles. The van der Waals surface area contributed by atoms with E-state index in [4.69, 9.17) is 16.3 Å². The lowest BCUT2D eigenvalue weighted by Gasteiger charge is -2.10. The standard InChI is InChI=1S/C11H15ClN2O5S/c1-3-19-5-4-13-20(17,18)11-7-10(14(15)16)9(12)6-8(11)2/h6-7,13H,3-5H2,1-2H3. The van der Waals surface area contributed by atoms with Gasteiger partial charge in [0.1, 0.15) is 5.02 Å². The third-order valence-corrected chi connectivity index (χ3v) is 4.38. The van der Waals surface area contributed by atoms with Crippen LogP contribution in [-0.2, 0) is 14.8 Å². The molecule has 0 saturated carbocycles. The lowest BCUT2D eigenvalue weighted by Crippen LogP contribution is -2.28. The van der Waals surface area contributed by atoms with Crippen molar-refractivity contribution < 1.29 is 18.1 Å². The molecule has 0 fully saturated rings. The number of ether oxygens (including phenoxy) is 1. The van der Waals surface area contributed by atoms with Crippen LogP contribution in [0.25, 0.3) is 0 Å². The highest BCUT2D eigenvalue weighted by atomic mass is 35.5. The number of halogens is 1. The number of nitrogens with zero attached hydrogens (tertiary/aromatic N) is 1. The van der Waals surface area contributed by atoms with Gasteiger partial charge in [0.05, 0.1) is 16.4 Å². The van der Waals surface area contributed by atoms with Crippen molar-refractivity contribution in [2.45, 2.75) is 18.7 Å². The summed E-state index contributed by atoms with van der Waals surface area (Å²) in [6.07, 6.45) is 0. The summed E-state index contributed by atoms with van der Waals surface area (Å²) in [6, 6.07) is 2.22. The molecule has 20 heavy (non-hydrogen) atoms. The van der Waals surface area contributed by atoms with Gasteiger partial charge in [-0.05, 0) is 25.5 Å². The van der Waals surface area contributed by atoms with Gasteiger partial charge < -0.3 is 4.74 Å². The molecule has 0 saturated heterocycles. The van der Waals surface area contributed by atoms with Crippen molar-refractivity contribution in [3.63, 3.8) is 0 Å². The normalized spacial score (nSPS) is 11.6. The lowest BCUT2D eigenvalue weighted by molar-refractivity contribution is -0.384. The molecule has 7 nitrogen and oxygen atoms in total. The van der Waals surface area contributed by atoms with Crippen LogP contribution in [0.4, 0.5) is 5.69 Å². The molecule has 0 radical (unpaired) electrons. The van der Waals surface area contributed by atoms with Gasteiger partial charge in [-0.2, -0.15) is 0 Å². The Hall–Kier alpha value is -1.22. The molecule has 0 unspecified atom stereocenters. The van der Waals surface area contributed by atoms with E-state index in [1.807, 2.05) is 0 Å². The Bertz CT molecular complexity index is 603. The van der Waals surface area contributed by atoms with Crippen molar-refractivity contribution in [3.8, 4) is 0 Å². The number of hydrogen-bond acceptors (Lipinski definition) is 5. The molecule has 1 rings (SSSR count). The van der Waals surface area contributed by atoms with Crippen molar-refractivity contribution in [2.75, 3.05) is 19.8 Å². The van der Waals surface area contributed by atoms with Gasteiger partial charge in [0.25, 0.3) is 5.69 Å². The average Bonchev–Trinajstić information content (AvgIpc) is 2.33. The zero-order valence-electron chi connectivity index (χ0n) is 11.1. The van der Waals surface area contributed by atoms with E-state index in [1.165, 1.54) is 13.0 Å². The van der Waals surface area contributed by atoms with Crippen LogP contribution in [-0.4, -0.2) is 33.1 Å². The molecule has 0 aliphatic rings. The fourth-order valence-corrected chi connectivity index (χ4v) is 3.09. The Balaban J connectivity index is 3.05. The molecule has 112 valence electrons. The van der Waals surface area contributed by atoms with Crippen LogP contribution in [0, 0.1) is 17.0 Å². The molecule has 1 aromatic rings. The molecule has 0 atom stereocenters. The van der Waals surface area contributed by atoms with Gasteiger partial charge in [0.2, 0.25) is 10.0 Å². The molecule has 1 aromatic carbocycles. The van der Waals surface area contributed by atoms with E-state index in [2.05, 4.69) is 4.72 Å². The summed E-state index contributed by atoms with van der Waals surface area (Å²) in [7, 11) is -3.84. The average molecular weight is 323 g/mol. The maximum atomic E-state index is 12.1. The minimum Gasteiger partial charge on any atom is -0.380 e. The van der Waals surface area contributed by atoms with Gasteiger partial charge in [-0.1, -0.05) is 11.6 Å². The van der Waals surface area contributed by atoms with E-state index in [0.717, 1.165) is 6.07 Å². The molecular formula is C11H15ClN2O5S. The minimum atomic E-state index is -3.84. The van der Waals surface area contributed by atoms with Gasteiger partial charge in [-0.15, -0.1) is 0 Å². The summed E-state index contributed by atoms with van der Waals surface area (Å²) in [5, 5.41) is 10.7. The second-order valence-corrected chi connectivity index (χ2v) is 6.06. The van der Waals surface area contributed by atoms with Crippen LogP contribution in [0.5, 0.6) is 0 Å². The summed E-state index contributed by atoms with van der Waals surface area (Å²) in [5.74, 6) is 0. The number of hydrogen-bond donors (Lipinski definition) is 1. The van der Waals surface area contributed by atoms with Gasteiger partial charge in [-0.25, -0.2) is 13.1 Å². The Morgan fingerprint density at radius 2 is 2.10 bits per heavy atom. The molecule has 0 aliphatic carbocycles. The molecule has 0 bridgehead atoms. The molecule has 0 spiro atoms. The number of sulfonamides is 1. The lowest BCUT2D eigenvalue weighted by atomic mass is 10.2. The summed E-state index contributed by atoms with van der Waals surface area (Å²) >= 11 is 5.72. The van der Waals surface area contributed by atoms with Crippen molar-refractivity contribution >= 4 is 27.3 Å². The molecule has 0 aromatic heterocycles. The topological polar surface area (TPSA) is 98.5 Å². The highest BCUT2D eigenvalue weighted by molar-refractivity contribution is 7.89. The Kier molecular flexibility index (Phi) is 5.88. The first-order chi connectivity index (χ1) is 9.29. The fraction of sp³-hybridized carbons (Fsp3) is 0.455. The van der Waals surface area contributed by atoms with E-state index in [9.17, 15) is 18.5 Å². The van der Waals surface area contributed by atoms with Crippen molar-refractivity contribution in [3.05, 3.63) is 32.8 Å². The SMILES string of the molecule is CCOCCNS(=O)(=O)c1cc([N+](=O)[O-])c(Cl)cc1C. The number of nitro groups is 1. The largest absolute Gasteiger partial charge is 0.380 e. The van der Waals surface area contributed by atoms with E-state index >= 15 is 0 Å². The number of rotatable bonds is 7. The summed E-state index contributed by atoms with van der Waals surface area (Å²) in [6.45, 7) is 4.11. The van der Waals surface area contributed by atoms with Crippen LogP contribution in [0.1, 0.15) is 12.5 Å². The van der Waals surface area contributed by atoms with Crippen LogP contribution in [0.3, 0.4) is 0 Å². The Morgan fingerprint density at radius 1 is 1.45 bits per heavy atom. The third kappa shape index (κ3) is 4.14. The minimum absolute atomic E-state index is 0.0893. The maximum absolute atomic E-state index is 12.1. The molecule has 0 aliphatic heterocycles. The zero-order valence-corrected chi connectivity index (χ0v) is 12.6. The second kappa shape index (κ2) is 6.98. The van der Waals surface area contributed by atoms with Crippen molar-refractivity contribution in [1.82, 2.24) is 4.72 Å². The summed E-state index contributed by atoms with van der Waals surface area (Å²) in [4.78, 5) is 9.91. The van der Waals surface area contributed by atoms with E-state index in [-0.39, 0.29) is 23.1 Å². The Labute approximate surface area is 122 Å². The first kappa shape index (κ1) is 16.8. The highest BCUT2D eigenvalue weighted by Gasteiger charge is 2.23. The summed E-state index contributed by atoms with van der Waals surface area (Å²) in [5.41, 5.74) is -0.105. The van der Waals surface area contributed by atoms with Gasteiger partial charge in [0, 0.05) is 19.2 Å². The van der Waals surface area contributed by atoms with Crippen LogP contribution >= 0.6 is 11.6 Å². The monoisotopic (exact) mass is 322 g/mol. The molecule has 1 N–H and O–H groups in total. The quantitative estimate of drug-likeness (QED) is 0.469. The first-order valence-corrected chi connectivity index (χ1v) is 7.67. The van der Waals surface area contributed by atoms with Gasteiger partial charge in [-0.3, -0.25) is 10.1 Å². The molecule has 9 heteroatoms.